The van der Waals surface area contributed by atoms with Gasteiger partial charge in [0.15, 0.2) is 0 Å². The summed E-state index contributed by atoms with van der Waals surface area (Å²) in [5.41, 5.74) is 4.79. The van der Waals surface area contributed by atoms with E-state index in [1.807, 2.05) is 17.7 Å². The minimum atomic E-state index is -0.582. The third kappa shape index (κ3) is 3.47. The Morgan fingerprint density at radius 1 is 1.50 bits per heavy atom. The number of carbonyl (C=O) groups excluding carboxylic acids is 2. The first-order chi connectivity index (χ1) is 10.5. The van der Waals surface area contributed by atoms with Crippen molar-refractivity contribution < 1.29 is 14.3 Å². The van der Waals surface area contributed by atoms with Crippen LogP contribution >= 0.6 is 0 Å². The SMILES string of the molecule is COC[C@@]1(CC(N)=O)CCCN1C(=O)CCn1ccnc1C. The number of imidazole rings is 1. The molecule has 1 atom stereocenters. The molecule has 2 heterocycles. The van der Waals surface area contributed by atoms with Gasteiger partial charge in [-0.3, -0.25) is 9.59 Å². The van der Waals surface area contributed by atoms with Gasteiger partial charge in [0, 0.05) is 39.0 Å². The third-order valence-electron chi connectivity index (χ3n) is 4.30. The van der Waals surface area contributed by atoms with E-state index in [9.17, 15) is 9.59 Å². The van der Waals surface area contributed by atoms with E-state index in [1.54, 1.807) is 18.2 Å². The van der Waals surface area contributed by atoms with E-state index in [-0.39, 0.29) is 12.3 Å². The molecule has 0 aliphatic carbocycles. The van der Waals surface area contributed by atoms with Gasteiger partial charge in [0.25, 0.3) is 0 Å². The minimum Gasteiger partial charge on any atom is -0.382 e. The molecule has 2 N–H and O–H groups in total. The van der Waals surface area contributed by atoms with Crippen LogP contribution in [0.15, 0.2) is 12.4 Å². The summed E-state index contributed by atoms with van der Waals surface area (Å²) in [5, 5.41) is 0. The molecular weight excluding hydrogens is 284 g/mol. The molecule has 1 aromatic rings. The quantitative estimate of drug-likeness (QED) is 0.792. The number of amides is 2. The second kappa shape index (κ2) is 6.91. The second-order valence-electron chi connectivity index (χ2n) is 5.87. The normalized spacial score (nSPS) is 21.3. The van der Waals surface area contributed by atoms with Crippen LogP contribution in [-0.4, -0.2) is 52.1 Å². The van der Waals surface area contributed by atoms with E-state index < -0.39 is 11.4 Å². The number of hydrogen-bond acceptors (Lipinski definition) is 4. The highest BCUT2D eigenvalue weighted by Gasteiger charge is 2.44. The molecule has 1 aromatic heterocycles. The van der Waals surface area contributed by atoms with Gasteiger partial charge in [-0.1, -0.05) is 0 Å². The Labute approximate surface area is 130 Å². The highest BCUT2D eigenvalue weighted by molar-refractivity contribution is 5.80. The van der Waals surface area contributed by atoms with E-state index >= 15 is 0 Å². The number of methoxy groups -OCH3 is 1. The fourth-order valence-electron chi connectivity index (χ4n) is 3.30. The van der Waals surface area contributed by atoms with Gasteiger partial charge in [0.05, 0.1) is 18.6 Å². The van der Waals surface area contributed by atoms with Crippen molar-refractivity contribution in [2.45, 2.75) is 44.7 Å². The first-order valence-electron chi connectivity index (χ1n) is 7.54. The van der Waals surface area contributed by atoms with Crippen LogP contribution in [0.5, 0.6) is 0 Å². The summed E-state index contributed by atoms with van der Waals surface area (Å²) in [4.78, 5) is 29.9. The van der Waals surface area contributed by atoms with Crippen LogP contribution in [0.1, 0.15) is 31.5 Å². The molecule has 122 valence electrons. The monoisotopic (exact) mass is 308 g/mol. The Hall–Kier alpha value is -1.89. The zero-order valence-corrected chi connectivity index (χ0v) is 13.2. The van der Waals surface area contributed by atoms with Gasteiger partial charge in [-0.2, -0.15) is 0 Å². The summed E-state index contributed by atoms with van der Waals surface area (Å²) in [6.45, 7) is 3.48. The molecule has 2 rings (SSSR count). The van der Waals surface area contributed by atoms with Gasteiger partial charge in [-0.25, -0.2) is 4.98 Å². The zero-order valence-electron chi connectivity index (χ0n) is 13.2. The molecule has 0 radical (unpaired) electrons. The van der Waals surface area contributed by atoms with E-state index in [1.165, 1.54) is 0 Å². The molecule has 7 nitrogen and oxygen atoms in total. The molecule has 0 aromatic carbocycles. The lowest BCUT2D eigenvalue weighted by Crippen LogP contribution is -2.52. The van der Waals surface area contributed by atoms with Crippen LogP contribution in [0.2, 0.25) is 0 Å². The van der Waals surface area contributed by atoms with Crippen LogP contribution in [0, 0.1) is 6.92 Å². The molecule has 0 bridgehead atoms. The molecule has 22 heavy (non-hydrogen) atoms. The number of rotatable bonds is 7. The van der Waals surface area contributed by atoms with Crippen molar-refractivity contribution in [1.29, 1.82) is 0 Å². The van der Waals surface area contributed by atoms with Gasteiger partial charge in [-0.15, -0.1) is 0 Å². The topological polar surface area (TPSA) is 90.5 Å². The molecule has 1 aliphatic heterocycles. The van der Waals surface area contributed by atoms with Gasteiger partial charge in [-0.05, 0) is 19.8 Å². The number of aromatic nitrogens is 2. The minimum absolute atomic E-state index is 0.0314. The van der Waals surface area contributed by atoms with Crippen LogP contribution in [0.25, 0.3) is 0 Å². The highest BCUT2D eigenvalue weighted by atomic mass is 16.5. The first kappa shape index (κ1) is 16.5. The van der Waals surface area contributed by atoms with Crippen molar-refractivity contribution in [2.24, 2.45) is 5.73 Å². The lowest BCUT2D eigenvalue weighted by atomic mass is 9.92. The maximum atomic E-state index is 12.6. The lowest BCUT2D eigenvalue weighted by Gasteiger charge is -2.37. The van der Waals surface area contributed by atoms with Crippen LogP contribution < -0.4 is 5.73 Å². The van der Waals surface area contributed by atoms with E-state index in [2.05, 4.69) is 4.98 Å². The summed E-state index contributed by atoms with van der Waals surface area (Å²) in [5.74, 6) is 0.514. The van der Waals surface area contributed by atoms with Crippen LogP contribution in [0.3, 0.4) is 0 Å². The Morgan fingerprint density at radius 3 is 2.86 bits per heavy atom. The number of nitrogens with zero attached hydrogens (tertiary/aromatic N) is 3. The number of nitrogens with two attached hydrogens (primary N) is 1. The standard InChI is InChI=1S/C15H24N4O3/c1-12-17-6-9-18(12)8-4-14(21)19-7-3-5-15(19,11-22-2)10-13(16)20/h6,9H,3-5,7-8,10-11H2,1-2H3,(H2,16,20)/t15-/m0/s1. The van der Waals surface area contributed by atoms with Crippen molar-refractivity contribution in [1.82, 2.24) is 14.5 Å². The van der Waals surface area contributed by atoms with E-state index in [0.717, 1.165) is 18.7 Å². The highest BCUT2D eigenvalue weighted by Crippen LogP contribution is 2.33. The molecule has 0 unspecified atom stereocenters. The number of likely N-dealkylation sites (tertiary alicyclic amines) is 1. The van der Waals surface area contributed by atoms with Crippen LogP contribution in [0.4, 0.5) is 0 Å². The van der Waals surface area contributed by atoms with E-state index in [4.69, 9.17) is 10.5 Å². The summed E-state index contributed by atoms with van der Waals surface area (Å²) < 4.78 is 7.21. The molecular formula is C15H24N4O3. The molecule has 1 fully saturated rings. The summed E-state index contributed by atoms with van der Waals surface area (Å²) >= 11 is 0. The Bertz CT molecular complexity index is 543. The number of aryl methyl sites for hydroxylation is 2. The molecule has 7 heteroatoms. The van der Waals surface area contributed by atoms with Crippen molar-refractivity contribution >= 4 is 11.8 Å². The Balaban J connectivity index is 2.05. The van der Waals surface area contributed by atoms with Gasteiger partial charge in [0.1, 0.15) is 5.82 Å². The summed E-state index contributed by atoms with van der Waals surface area (Å²) in [6.07, 6.45) is 5.72. The number of carbonyl (C=O) groups is 2. The summed E-state index contributed by atoms with van der Waals surface area (Å²) in [6, 6.07) is 0. The number of ether oxygens (including phenoxy) is 1. The van der Waals surface area contributed by atoms with Gasteiger partial charge in [0.2, 0.25) is 11.8 Å². The molecule has 0 spiro atoms. The maximum absolute atomic E-state index is 12.6. The fraction of sp³-hybridized carbons (Fsp3) is 0.667. The largest absolute Gasteiger partial charge is 0.382 e. The Kier molecular flexibility index (Phi) is 5.18. The predicted octanol–water partition coefficient (Wildman–Crippen LogP) is 0.465. The summed E-state index contributed by atoms with van der Waals surface area (Å²) in [7, 11) is 1.58. The first-order valence-corrected chi connectivity index (χ1v) is 7.54. The van der Waals surface area contributed by atoms with Gasteiger partial charge >= 0.3 is 0 Å². The smallest absolute Gasteiger partial charge is 0.224 e. The van der Waals surface area contributed by atoms with Gasteiger partial charge < -0.3 is 19.9 Å². The molecule has 1 saturated heterocycles. The Morgan fingerprint density at radius 2 is 2.27 bits per heavy atom. The maximum Gasteiger partial charge on any atom is 0.224 e. The fourth-order valence-corrected chi connectivity index (χ4v) is 3.30. The lowest BCUT2D eigenvalue weighted by molar-refractivity contribution is -0.139. The average Bonchev–Trinajstić information content (AvgIpc) is 3.03. The molecule has 2 amide bonds. The van der Waals surface area contributed by atoms with Crippen molar-refractivity contribution in [3.63, 3.8) is 0 Å². The molecule has 1 aliphatic rings. The van der Waals surface area contributed by atoms with E-state index in [0.29, 0.717) is 26.1 Å². The number of hydrogen-bond donors (Lipinski definition) is 1. The molecule has 0 saturated carbocycles. The van der Waals surface area contributed by atoms with Crippen LogP contribution in [-0.2, 0) is 20.9 Å². The third-order valence-corrected chi connectivity index (χ3v) is 4.30. The zero-order chi connectivity index (χ0) is 16.2. The average molecular weight is 308 g/mol. The van der Waals surface area contributed by atoms with Crippen molar-refractivity contribution in [3.05, 3.63) is 18.2 Å². The van der Waals surface area contributed by atoms with Crippen molar-refractivity contribution in [2.75, 3.05) is 20.3 Å². The number of primary amides is 1. The van der Waals surface area contributed by atoms with Crippen molar-refractivity contribution in [3.8, 4) is 0 Å². The second-order valence-corrected chi connectivity index (χ2v) is 5.87. The predicted molar refractivity (Wildman–Crippen MR) is 80.9 cm³/mol.